The fraction of sp³-hybridized carbons (Fsp3) is 0.531. The van der Waals surface area contributed by atoms with Crippen LogP contribution in [0.4, 0.5) is 17.1 Å². The second kappa shape index (κ2) is 12.3. The normalized spacial score (nSPS) is 21.3. The number of anilines is 3. The molecule has 1 saturated carbocycles. The number of piperidine rings is 1. The number of benzene rings is 2. The van der Waals surface area contributed by atoms with Gasteiger partial charge in [-0.25, -0.2) is 0 Å². The lowest BCUT2D eigenvalue weighted by Crippen LogP contribution is -2.53. The Morgan fingerprint density at radius 2 is 1.90 bits per heavy atom. The van der Waals surface area contributed by atoms with Crippen LogP contribution in [0.5, 0.6) is 11.5 Å². The lowest BCUT2D eigenvalue weighted by Gasteiger charge is -2.39. The topological polar surface area (TPSA) is 109 Å². The van der Waals surface area contributed by atoms with Crippen LogP contribution in [0, 0.1) is 18.8 Å². The maximum atomic E-state index is 14.1. The van der Waals surface area contributed by atoms with E-state index in [2.05, 4.69) is 10.6 Å². The Morgan fingerprint density at radius 1 is 1.14 bits per heavy atom. The third kappa shape index (κ3) is 6.10. The molecule has 2 heterocycles. The molecule has 2 N–H and O–H groups in total. The molecule has 2 atom stereocenters. The highest BCUT2D eigenvalue weighted by Crippen LogP contribution is 2.43. The second-order valence-corrected chi connectivity index (χ2v) is 11.9. The molecular weight excluding hydrogens is 536 g/mol. The Kier molecular flexibility index (Phi) is 8.75. The monoisotopic (exact) mass is 578 g/mol. The summed E-state index contributed by atoms with van der Waals surface area (Å²) in [6, 6.07) is 11.4. The summed E-state index contributed by atoms with van der Waals surface area (Å²) < 4.78 is 16.8. The number of hydrogen-bond donors (Lipinski definition) is 2. The quantitative estimate of drug-likeness (QED) is 0.412. The van der Waals surface area contributed by atoms with Crippen LogP contribution < -0.4 is 29.9 Å². The first kappa shape index (κ1) is 29.8. The van der Waals surface area contributed by atoms with E-state index in [0.717, 1.165) is 24.1 Å². The highest BCUT2D eigenvalue weighted by Gasteiger charge is 2.43. The van der Waals surface area contributed by atoms with E-state index in [1.54, 1.807) is 33.0 Å². The molecule has 2 aromatic rings. The summed E-state index contributed by atoms with van der Waals surface area (Å²) in [7, 11) is 3.22. The molecule has 5 rings (SSSR count). The molecule has 2 aliphatic heterocycles. The van der Waals surface area contributed by atoms with Gasteiger partial charge in [-0.3, -0.25) is 14.4 Å². The number of methoxy groups -OCH3 is 2. The molecule has 1 saturated heterocycles. The van der Waals surface area contributed by atoms with Gasteiger partial charge in [0.2, 0.25) is 11.8 Å². The van der Waals surface area contributed by atoms with Gasteiger partial charge in [-0.2, -0.15) is 0 Å². The SMILES string of the molecule is COCCCN1C(=O)C(C)(C)Oc2ccc(N(C(=O)[C@H]3CNC[C@@H](C(=O)Nc4c(C)cccc4OC)C3)C3CC3)cc21. The van der Waals surface area contributed by atoms with Crippen molar-refractivity contribution in [2.75, 3.05) is 55.6 Å². The predicted molar refractivity (Wildman–Crippen MR) is 161 cm³/mol. The summed E-state index contributed by atoms with van der Waals surface area (Å²) in [5, 5.41) is 6.35. The van der Waals surface area contributed by atoms with Gasteiger partial charge in [0.25, 0.3) is 5.91 Å². The zero-order chi connectivity index (χ0) is 30.0. The Bertz CT molecular complexity index is 1340. The van der Waals surface area contributed by atoms with E-state index >= 15 is 0 Å². The van der Waals surface area contributed by atoms with Gasteiger partial charge in [0.05, 0.1) is 30.3 Å². The lowest BCUT2D eigenvalue weighted by atomic mass is 9.88. The van der Waals surface area contributed by atoms with Gasteiger partial charge in [-0.15, -0.1) is 0 Å². The fourth-order valence-electron chi connectivity index (χ4n) is 5.87. The minimum absolute atomic E-state index is 0.00904. The van der Waals surface area contributed by atoms with E-state index in [1.165, 1.54) is 0 Å². The van der Waals surface area contributed by atoms with Gasteiger partial charge >= 0.3 is 0 Å². The number of ether oxygens (including phenoxy) is 3. The molecule has 1 aliphatic carbocycles. The summed E-state index contributed by atoms with van der Waals surface area (Å²) in [6.07, 6.45) is 2.96. The number of nitrogens with one attached hydrogen (secondary N) is 2. The van der Waals surface area contributed by atoms with E-state index in [-0.39, 0.29) is 35.6 Å². The standard InChI is InChI=1S/C32H42N4O6/c1-20-8-6-9-27(41-5)28(20)34-29(37)21-16-22(19-33-18-21)30(38)36(23-10-11-23)24-12-13-26-25(17-24)35(14-7-15-40-4)31(39)32(2,3)42-26/h6,8-9,12-13,17,21-23,33H,7,10-11,14-16,18-19H2,1-5H3,(H,34,37)/t21-,22+/m0/s1. The van der Waals surface area contributed by atoms with Gasteiger partial charge in [-0.1, -0.05) is 12.1 Å². The van der Waals surface area contributed by atoms with E-state index in [4.69, 9.17) is 14.2 Å². The highest BCUT2D eigenvalue weighted by atomic mass is 16.5. The molecule has 0 radical (unpaired) electrons. The van der Waals surface area contributed by atoms with Crippen LogP contribution in [0.2, 0.25) is 0 Å². The number of carbonyl (C=O) groups is 3. The minimum Gasteiger partial charge on any atom is -0.495 e. The third-order valence-electron chi connectivity index (χ3n) is 8.29. The van der Waals surface area contributed by atoms with Crippen LogP contribution in [-0.4, -0.2) is 69.8 Å². The van der Waals surface area contributed by atoms with Crippen molar-refractivity contribution in [1.29, 1.82) is 0 Å². The van der Waals surface area contributed by atoms with Gasteiger partial charge in [0.1, 0.15) is 11.5 Å². The number of carbonyl (C=O) groups excluding carboxylic acids is 3. The van der Waals surface area contributed by atoms with Crippen molar-refractivity contribution in [2.45, 2.75) is 58.1 Å². The molecule has 0 aromatic heterocycles. The third-order valence-corrected chi connectivity index (χ3v) is 8.29. The number of fused-ring (bicyclic) bond motifs is 1. The van der Waals surface area contributed by atoms with Crippen molar-refractivity contribution in [3.8, 4) is 11.5 Å². The summed E-state index contributed by atoms with van der Waals surface area (Å²) in [4.78, 5) is 44.4. The summed E-state index contributed by atoms with van der Waals surface area (Å²) >= 11 is 0. The largest absolute Gasteiger partial charge is 0.495 e. The Balaban J connectivity index is 1.36. The van der Waals surface area contributed by atoms with E-state index < -0.39 is 5.60 Å². The molecule has 10 heteroatoms. The zero-order valence-corrected chi connectivity index (χ0v) is 25.2. The van der Waals surface area contributed by atoms with Crippen LogP contribution in [0.15, 0.2) is 36.4 Å². The molecule has 10 nitrogen and oxygen atoms in total. The number of rotatable bonds is 10. The number of nitrogens with zero attached hydrogens (tertiary/aromatic N) is 2. The molecule has 0 spiro atoms. The molecule has 0 unspecified atom stereocenters. The predicted octanol–water partition coefficient (Wildman–Crippen LogP) is 3.90. The van der Waals surface area contributed by atoms with E-state index in [9.17, 15) is 14.4 Å². The maximum absolute atomic E-state index is 14.1. The highest BCUT2D eigenvalue weighted by molar-refractivity contribution is 6.04. The van der Waals surface area contributed by atoms with Crippen molar-refractivity contribution in [1.82, 2.24) is 5.32 Å². The van der Waals surface area contributed by atoms with Crippen molar-refractivity contribution >= 4 is 34.8 Å². The van der Waals surface area contributed by atoms with Gasteiger partial charge in [-0.05, 0) is 76.3 Å². The molecule has 3 aliphatic rings. The molecule has 42 heavy (non-hydrogen) atoms. The van der Waals surface area contributed by atoms with Gasteiger partial charge < -0.3 is 34.6 Å². The van der Waals surface area contributed by atoms with Crippen LogP contribution >= 0.6 is 0 Å². The summed E-state index contributed by atoms with van der Waals surface area (Å²) in [5.74, 6) is 0.226. The van der Waals surface area contributed by atoms with E-state index in [1.807, 2.05) is 48.2 Å². The van der Waals surface area contributed by atoms with Crippen LogP contribution in [0.3, 0.4) is 0 Å². The van der Waals surface area contributed by atoms with Crippen molar-refractivity contribution in [3.05, 3.63) is 42.0 Å². The first-order chi connectivity index (χ1) is 20.1. The van der Waals surface area contributed by atoms with E-state index in [0.29, 0.717) is 62.0 Å². The van der Waals surface area contributed by atoms with Gasteiger partial charge in [0, 0.05) is 45.1 Å². The number of amides is 3. The smallest absolute Gasteiger partial charge is 0.270 e. The zero-order valence-electron chi connectivity index (χ0n) is 25.2. The van der Waals surface area contributed by atoms with Gasteiger partial charge in [0.15, 0.2) is 5.60 Å². The number of hydrogen-bond acceptors (Lipinski definition) is 7. The molecule has 226 valence electrons. The lowest BCUT2D eigenvalue weighted by molar-refractivity contribution is -0.132. The number of para-hydroxylation sites is 1. The molecule has 2 fully saturated rings. The van der Waals surface area contributed by atoms with Crippen LogP contribution in [0.1, 0.15) is 45.1 Å². The summed E-state index contributed by atoms with van der Waals surface area (Å²) in [6.45, 7) is 7.49. The van der Waals surface area contributed by atoms with Crippen LogP contribution in [0.25, 0.3) is 0 Å². The number of aryl methyl sites for hydroxylation is 1. The molecule has 0 bridgehead atoms. The van der Waals surface area contributed by atoms with Crippen LogP contribution in [-0.2, 0) is 19.1 Å². The maximum Gasteiger partial charge on any atom is 0.270 e. The average molecular weight is 579 g/mol. The first-order valence-corrected chi connectivity index (χ1v) is 14.8. The van der Waals surface area contributed by atoms with Crippen molar-refractivity contribution in [2.24, 2.45) is 11.8 Å². The van der Waals surface area contributed by atoms with Crippen molar-refractivity contribution < 1.29 is 28.6 Å². The molecule has 2 aromatic carbocycles. The Labute approximate surface area is 247 Å². The van der Waals surface area contributed by atoms with Crippen molar-refractivity contribution in [3.63, 3.8) is 0 Å². The second-order valence-electron chi connectivity index (χ2n) is 11.9. The molecule has 3 amide bonds. The first-order valence-electron chi connectivity index (χ1n) is 14.8. The fourth-order valence-corrected chi connectivity index (χ4v) is 5.87. The minimum atomic E-state index is -0.987. The summed E-state index contributed by atoms with van der Waals surface area (Å²) in [5.41, 5.74) is 1.98. The molecular formula is C32H42N4O6. The Morgan fingerprint density at radius 3 is 2.62 bits per heavy atom. The Hall–Kier alpha value is -3.63. The average Bonchev–Trinajstić information content (AvgIpc) is 3.81.